The molecule has 0 saturated heterocycles. The lowest BCUT2D eigenvalue weighted by atomic mass is 10.1. The van der Waals surface area contributed by atoms with Crippen molar-refractivity contribution in [1.29, 1.82) is 0 Å². The molecular formula is C14H22N2O2. The second kappa shape index (κ2) is 7.01. The number of nitrogens with two attached hydrogens (primary N) is 1. The Morgan fingerprint density at radius 2 is 1.89 bits per heavy atom. The molecule has 4 heteroatoms. The zero-order chi connectivity index (χ0) is 13.5. The molecule has 100 valence electrons. The molecule has 3 N–H and O–H groups in total. The van der Waals surface area contributed by atoms with Crippen LogP contribution in [0.4, 0.5) is 11.4 Å². The van der Waals surface area contributed by atoms with Crippen molar-refractivity contribution in [3.63, 3.8) is 0 Å². The first-order valence-electron chi connectivity index (χ1n) is 6.26. The van der Waals surface area contributed by atoms with E-state index < -0.39 is 0 Å². The predicted octanol–water partition coefficient (Wildman–Crippen LogP) is 2.66. The number of amides is 1. The number of hydrogen-bond donors (Lipinski definition) is 2. The normalized spacial score (nSPS) is 12.4. The molecular weight excluding hydrogens is 228 g/mol. The molecule has 0 radical (unpaired) electrons. The minimum absolute atomic E-state index is 0.0456. The zero-order valence-electron chi connectivity index (χ0n) is 11.3. The Labute approximate surface area is 109 Å². The third-order valence-corrected chi connectivity index (χ3v) is 2.84. The third-order valence-electron chi connectivity index (χ3n) is 2.84. The van der Waals surface area contributed by atoms with Gasteiger partial charge in [-0.15, -0.1) is 0 Å². The molecule has 0 heterocycles. The number of nitrogen functional groups attached to an aromatic ring is 1. The lowest BCUT2D eigenvalue weighted by Gasteiger charge is -2.16. The SMILES string of the molecule is CC(C)C(C)OCCC(=O)Nc1ccc(N)cc1. The van der Waals surface area contributed by atoms with Crippen molar-refractivity contribution < 1.29 is 9.53 Å². The topological polar surface area (TPSA) is 64.3 Å². The number of nitrogens with one attached hydrogen (secondary N) is 1. The summed E-state index contributed by atoms with van der Waals surface area (Å²) in [5.41, 5.74) is 7.00. The number of carbonyl (C=O) groups excluding carboxylic acids is 1. The summed E-state index contributed by atoms with van der Waals surface area (Å²) in [6.45, 7) is 6.65. The Hall–Kier alpha value is -1.55. The molecule has 0 saturated carbocycles. The third kappa shape index (κ3) is 5.19. The summed E-state index contributed by atoms with van der Waals surface area (Å²) in [4.78, 5) is 11.6. The van der Waals surface area contributed by atoms with Gasteiger partial charge in [0.2, 0.25) is 5.91 Å². The standard InChI is InChI=1S/C14H22N2O2/c1-10(2)11(3)18-9-8-14(17)16-13-6-4-12(15)5-7-13/h4-7,10-11H,8-9,15H2,1-3H3,(H,16,17). The highest BCUT2D eigenvalue weighted by atomic mass is 16.5. The van der Waals surface area contributed by atoms with Gasteiger partial charge in [0.15, 0.2) is 0 Å². The number of benzene rings is 1. The van der Waals surface area contributed by atoms with E-state index >= 15 is 0 Å². The van der Waals surface area contributed by atoms with E-state index in [2.05, 4.69) is 19.2 Å². The number of anilines is 2. The van der Waals surface area contributed by atoms with Gasteiger partial charge in [-0.05, 0) is 37.1 Å². The lowest BCUT2D eigenvalue weighted by molar-refractivity contribution is -0.117. The van der Waals surface area contributed by atoms with Crippen LogP contribution in [0.5, 0.6) is 0 Å². The highest BCUT2D eigenvalue weighted by Gasteiger charge is 2.08. The molecule has 18 heavy (non-hydrogen) atoms. The van der Waals surface area contributed by atoms with Crippen molar-refractivity contribution in [3.05, 3.63) is 24.3 Å². The predicted molar refractivity (Wildman–Crippen MR) is 74.4 cm³/mol. The van der Waals surface area contributed by atoms with Crippen molar-refractivity contribution in [2.75, 3.05) is 17.7 Å². The minimum Gasteiger partial charge on any atom is -0.399 e. The summed E-state index contributed by atoms with van der Waals surface area (Å²) in [6, 6.07) is 7.08. The molecule has 1 atom stereocenters. The molecule has 0 aliphatic rings. The first-order valence-corrected chi connectivity index (χ1v) is 6.26. The van der Waals surface area contributed by atoms with Gasteiger partial charge in [0.05, 0.1) is 19.1 Å². The van der Waals surface area contributed by atoms with Gasteiger partial charge in [-0.1, -0.05) is 13.8 Å². The summed E-state index contributed by atoms with van der Waals surface area (Å²) >= 11 is 0. The Bertz CT molecular complexity index is 374. The van der Waals surface area contributed by atoms with E-state index in [-0.39, 0.29) is 12.0 Å². The van der Waals surface area contributed by atoms with Gasteiger partial charge in [0.1, 0.15) is 0 Å². The lowest BCUT2D eigenvalue weighted by Crippen LogP contribution is -2.20. The molecule has 0 fully saturated rings. The molecule has 4 nitrogen and oxygen atoms in total. The van der Waals surface area contributed by atoms with Crippen LogP contribution in [0.25, 0.3) is 0 Å². The van der Waals surface area contributed by atoms with Crippen LogP contribution in [0.2, 0.25) is 0 Å². The average Bonchev–Trinajstić information content (AvgIpc) is 2.32. The fourth-order valence-electron chi connectivity index (χ4n) is 1.32. The van der Waals surface area contributed by atoms with Crippen molar-refractivity contribution >= 4 is 17.3 Å². The van der Waals surface area contributed by atoms with Crippen molar-refractivity contribution in [2.45, 2.75) is 33.3 Å². The summed E-state index contributed by atoms with van der Waals surface area (Å²) in [5.74, 6) is 0.417. The van der Waals surface area contributed by atoms with Crippen LogP contribution in [0, 0.1) is 5.92 Å². The van der Waals surface area contributed by atoms with E-state index in [1.807, 2.05) is 6.92 Å². The maximum Gasteiger partial charge on any atom is 0.226 e. The van der Waals surface area contributed by atoms with Crippen molar-refractivity contribution in [2.24, 2.45) is 5.92 Å². The number of hydrogen-bond acceptors (Lipinski definition) is 3. The van der Waals surface area contributed by atoms with Crippen LogP contribution < -0.4 is 11.1 Å². The first kappa shape index (κ1) is 14.5. The Morgan fingerprint density at radius 3 is 2.44 bits per heavy atom. The Balaban J connectivity index is 2.27. The molecule has 0 aliphatic heterocycles. The Morgan fingerprint density at radius 1 is 1.28 bits per heavy atom. The Kier molecular flexibility index (Phi) is 5.65. The first-order chi connectivity index (χ1) is 8.49. The van der Waals surface area contributed by atoms with E-state index in [9.17, 15) is 4.79 Å². The highest BCUT2D eigenvalue weighted by molar-refractivity contribution is 5.90. The van der Waals surface area contributed by atoms with Crippen LogP contribution >= 0.6 is 0 Å². The molecule has 0 bridgehead atoms. The second-order valence-electron chi connectivity index (χ2n) is 4.74. The minimum atomic E-state index is -0.0456. The van der Waals surface area contributed by atoms with Crippen molar-refractivity contribution in [1.82, 2.24) is 0 Å². The number of carbonyl (C=O) groups is 1. The maximum atomic E-state index is 11.6. The molecule has 1 aromatic rings. The number of ether oxygens (including phenoxy) is 1. The molecule has 1 amide bonds. The quantitative estimate of drug-likeness (QED) is 0.763. The molecule has 1 rings (SSSR count). The number of rotatable bonds is 6. The van der Waals surface area contributed by atoms with E-state index in [0.29, 0.717) is 24.6 Å². The summed E-state index contributed by atoms with van der Waals surface area (Å²) in [6.07, 6.45) is 0.538. The summed E-state index contributed by atoms with van der Waals surface area (Å²) < 4.78 is 5.55. The van der Waals surface area contributed by atoms with Gasteiger partial charge in [-0.3, -0.25) is 4.79 Å². The van der Waals surface area contributed by atoms with Crippen LogP contribution in [-0.4, -0.2) is 18.6 Å². The maximum absolute atomic E-state index is 11.6. The van der Waals surface area contributed by atoms with Gasteiger partial charge in [0.25, 0.3) is 0 Å². The molecule has 1 aromatic carbocycles. The van der Waals surface area contributed by atoms with Crippen molar-refractivity contribution in [3.8, 4) is 0 Å². The van der Waals surface area contributed by atoms with Gasteiger partial charge < -0.3 is 15.8 Å². The van der Waals surface area contributed by atoms with Gasteiger partial charge >= 0.3 is 0 Å². The van der Waals surface area contributed by atoms with Gasteiger partial charge in [0, 0.05) is 11.4 Å². The van der Waals surface area contributed by atoms with Crippen LogP contribution in [-0.2, 0) is 9.53 Å². The zero-order valence-corrected chi connectivity index (χ0v) is 11.3. The van der Waals surface area contributed by atoms with E-state index in [0.717, 1.165) is 5.69 Å². The van der Waals surface area contributed by atoms with Crippen LogP contribution in [0.15, 0.2) is 24.3 Å². The largest absolute Gasteiger partial charge is 0.399 e. The highest BCUT2D eigenvalue weighted by Crippen LogP contribution is 2.11. The summed E-state index contributed by atoms with van der Waals surface area (Å²) in [7, 11) is 0. The average molecular weight is 250 g/mol. The van der Waals surface area contributed by atoms with Crippen LogP contribution in [0.1, 0.15) is 27.2 Å². The van der Waals surface area contributed by atoms with E-state index in [1.165, 1.54) is 0 Å². The fraction of sp³-hybridized carbons (Fsp3) is 0.500. The fourth-order valence-corrected chi connectivity index (χ4v) is 1.32. The van der Waals surface area contributed by atoms with E-state index in [1.54, 1.807) is 24.3 Å². The molecule has 0 aromatic heterocycles. The molecule has 0 spiro atoms. The monoisotopic (exact) mass is 250 g/mol. The smallest absolute Gasteiger partial charge is 0.226 e. The van der Waals surface area contributed by atoms with Crippen LogP contribution in [0.3, 0.4) is 0 Å². The molecule has 1 unspecified atom stereocenters. The van der Waals surface area contributed by atoms with E-state index in [4.69, 9.17) is 10.5 Å². The van der Waals surface area contributed by atoms with Gasteiger partial charge in [-0.25, -0.2) is 0 Å². The molecule has 0 aliphatic carbocycles. The summed E-state index contributed by atoms with van der Waals surface area (Å²) in [5, 5.41) is 2.80. The second-order valence-corrected chi connectivity index (χ2v) is 4.74. The van der Waals surface area contributed by atoms with Gasteiger partial charge in [-0.2, -0.15) is 0 Å².